The van der Waals surface area contributed by atoms with Gasteiger partial charge in [-0.05, 0) is 37.6 Å². The van der Waals surface area contributed by atoms with Crippen molar-refractivity contribution in [3.05, 3.63) is 29.8 Å². The number of hydrogen-bond donors (Lipinski definition) is 3. The lowest BCUT2D eigenvalue weighted by molar-refractivity contribution is -0.109. The third kappa shape index (κ3) is 5.69. The van der Waals surface area contributed by atoms with E-state index in [4.69, 9.17) is 15.9 Å². The molecule has 5 nitrogen and oxygen atoms in total. The lowest BCUT2D eigenvalue weighted by Gasteiger charge is -2.25. The number of aliphatic hydroxyl groups excluding tert-OH is 2. The summed E-state index contributed by atoms with van der Waals surface area (Å²) in [4.78, 5) is 12.7. The van der Waals surface area contributed by atoms with Crippen molar-refractivity contribution in [3.8, 4) is 0 Å². The molecule has 20 heavy (non-hydrogen) atoms. The summed E-state index contributed by atoms with van der Waals surface area (Å²) in [6.07, 6.45) is 2.62. The predicted octanol–water partition coefficient (Wildman–Crippen LogP) is 0.616. The molecule has 4 N–H and O–H groups in total. The SMILES string of the molecule is CN1CCC(O)CC1.Nc1ccc(C(C=O)CO)cc1. The van der Waals surface area contributed by atoms with Gasteiger partial charge in [0.15, 0.2) is 0 Å². The number of benzene rings is 1. The van der Waals surface area contributed by atoms with E-state index in [1.807, 2.05) is 0 Å². The van der Waals surface area contributed by atoms with Gasteiger partial charge in [0.05, 0.1) is 18.6 Å². The molecule has 1 aliphatic heterocycles. The quantitative estimate of drug-likeness (QED) is 0.558. The lowest BCUT2D eigenvalue weighted by atomic mass is 10.0. The molecular formula is C15H24N2O3. The lowest BCUT2D eigenvalue weighted by Crippen LogP contribution is -2.32. The third-order valence-corrected chi connectivity index (χ3v) is 3.41. The van der Waals surface area contributed by atoms with Gasteiger partial charge in [0.1, 0.15) is 6.29 Å². The molecule has 5 heteroatoms. The average molecular weight is 280 g/mol. The maximum atomic E-state index is 10.4. The first-order chi connectivity index (χ1) is 9.56. The second kappa shape index (κ2) is 8.68. The molecule has 1 atom stereocenters. The Bertz CT molecular complexity index is 377. The summed E-state index contributed by atoms with van der Waals surface area (Å²) in [7, 11) is 2.09. The molecule has 0 amide bonds. The van der Waals surface area contributed by atoms with Gasteiger partial charge >= 0.3 is 0 Å². The minimum absolute atomic E-state index is 0.0220. The van der Waals surface area contributed by atoms with Crippen molar-refractivity contribution < 1.29 is 15.0 Å². The zero-order valence-electron chi connectivity index (χ0n) is 11.9. The molecule has 0 aliphatic carbocycles. The van der Waals surface area contributed by atoms with Crippen LogP contribution in [0.5, 0.6) is 0 Å². The van der Waals surface area contributed by atoms with E-state index in [9.17, 15) is 4.79 Å². The zero-order chi connectivity index (χ0) is 15.0. The van der Waals surface area contributed by atoms with Crippen molar-refractivity contribution in [1.82, 2.24) is 4.90 Å². The molecule has 1 aliphatic rings. The van der Waals surface area contributed by atoms with Crippen molar-refractivity contribution >= 4 is 12.0 Å². The normalized spacial score (nSPS) is 17.9. The molecule has 2 rings (SSSR count). The Hall–Kier alpha value is -1.43. The first kappa shape index (κ1) is 16.6. The first-order valence-electron chi connectivity index (χ1n) is 6.85. The van der Waals surface area contributed by atoms with Crippen LogP contribution >= 0.6 is 0 Å². The molecule has 0 bridgehead atoms. The molecule has 112 valence electrons. The molecule has 1 unspecified atom stereocenters. The van der Waals surface area contributed by atoms with Gasteiger partial charge in [0.2, 0.25) is 0 Å². The number of nitrogens with two attached hydrogens (primary N) is 1. The number of aldehydes is 1. The number of hydrogen-bond acceptors (Lipinski definition) is 5. The van der Waals surface area contributed by atoms with E-state index < -0.39 is 5.92 Å². The van der Waals surface area contributed by atoms with Crippen LogP contribution in [0.3, 0.4) is 0 Å². The summed E-state index contributed by atoms with van der Waals surface area (Å²) in [5.74, 6) is -0.425. The smallest absolute Gasteiger partial charge is 0.129 e. The summed E-state index contributed by atoms with van der Waals surface area (Å²) in [5.41, 5.74) is 6.91. The Morgan fingerprint density at radius 2 is 1.90 bits per heavy atom. The highest BCUT2D eigenvalue weighted by molar-refractivity contribution is 5.62. The van der Waals surface area contributed by atoms with Gasteiger partial charge < -0.3 is 25.6 Å². The molecule has 1 fully saturated rings. The van der Waals surface area contributed by atoms with Crippen molar-refractivity contribution in [3.63, 3.8) is 0 Å². The first-order valence-corrected chi connectivity index (χ1v) is 6.85. The fourth-order valence-electron chi connectivity index (χ4n) is 1.97. The molecule has 0 aromatic heterocycles. The van der Waals surface area contributed by atoms with E-state index in [0.29, 0.717) is 5.69 Å². The summed E-state index contributed by atoms with van der Waals surface area (Å²) < 4.78 is 0. The van der Waals surface area contributed by atoms with Gasteiger partial charge in [0.25, 0.3) is 0 Å². The van der Waals surface area contributed by atoms with Crippen LogP contribution < -0.4 is 5.73 Å². The molecule has 1 aromatic carbocycles. The van der Waals surface area contributed by atoms with Gasteiger partial charge in [-0.2, -0.15) is 0 Å². The van der Waals surface area contributed by atoms with Crippen LogP contribution in [-0.4, -0.2) is 54.2 Å². The Labute approximate surface area is 120 Å². The number of anilines is 1. The summed E-state index contributed by atoms with van der Waals surface area (Å²) in [6, 6.07) is 6.90. The van der Waals surface area contributed by atoms with Gasteiger partial charge in [0, 0.05) is 18.8 Å². The van der Waals surface area contributed by atoms with Gasteiger partial charge in [-0.25, -0.2) is 0 Å². The maximum Gasteiger partial charge on any atom is 0.129 e. The van der Waals surface area contributed by atoms with E-state index in [0.717, 1.165) is 37.8 Å². The second-order valence-electron chi connectivity index (χ2n) is 5.13. The fraction of sp³-hybridized carbons (Fsp3) is 0.533. The Balaban J connectivity index is 0.000000217. The number of rotatable bonds is 3. The summed E-state index contributed by atoms with van der Waals surface area (Å²) in [6.45, 7) is 1.95. The highest BCUT2D eigenvalue weighted by Gasteiger charge is 2.12. The number of likely N-dealkylation sites (tertiary alicyclic amines) is 1. The minimum Gasteiger partial charge on any atom is -0.399 e. The summed E-state index contributed by atoms with van der Waals surface area (Å²) >= 11 is 0. The number of piperidine rings is 1. The molecular weight excluding hydrogens is 256 g/mol. The zero-order valence-corrected chi connectivity index (χ0v) is 11.9. The van der Waals surface area contributed by atoms with Crippen molar-refractivity contribution in [1.29, 1.82) is 0 Å². The van der Waals surface area contributed by atoms with E-state index in [1.165, 1.54) is 0 Å². The van der Waals surface area contributed by atoms with Crippen LogP contribution in [0, 0.1) is 0 Å². The fourth-order valence-corrected chi connectivity index (χ4v) is 1.97. The number of nitrogen functional groups attached to an aromatic ring is 1. The molecule has 0 saturated carbocycles. The largest absolute Gasteiger partial charge is 0.399 e. The highest BCUT2D eigenvalue weighted by Crippen LogP contribution is 2.14. The van der Waals surface area contributed by atoms with Crippen LogP contribution in [0.25, 0.3) is 0 Å². The Morgan fingerprint density at radius 1 is 1.35 bits per heavy atom. The standard InChI is InChI=1S/C9H11NO2.C6H13NO/c10-9-3-1-7(2-4-9)8(5-11)6-12;1-7-4-2-6(8)3-5-7/h1-5,8,12H,6,10H2;6,8H,2-5H2,1H3. The van der Waals surface area contributed by atoms with Gasteiger partial charge in [-0.3, -0.25) is 0 Å². The van der Waals surface area contributed by atoms with Crippen LogP contribution in [-0.2, 0) is 4.79 Å². The van der Waals surface area contributed by atoms with Gasteiger partial charge in [-0.15, -0.1) is 0 Å². The number of carbonyl (C=O) groups is 1. The highest BCUT2D eigenvalue weighted by atomic mass is 16.3. The van der Waals surface area contributed by atoms with E-state index in [1.54, 1.807) is 24.3 Å². The van der Waals surface area contributed by atoms with Crippen LogP contribution in [0.4, 0.5) is 5.69 Å². The summed E-state index contributed by atoms with van der Waals surface area (Å²) in [5, 5.41) is 17.8. The van der Waals surface area contributed by atoms with Crippen LogP contribution in [0.15, 0.2) is 24.3 Å². The maximum absolute atomic E-state index is 10.4. The topological polar surface area (TPSA) is 86.8 Å². The van der Waals surface area contributed by atoms with E-state index in [2.05, 4.69) is 11.9 Å². The third-order valence-electron chi connectivity index (χ3n) is 3.41. The Kier molecular flexibility index (Phi) is 7.22. The Morgan fingerprint density at radius 3 is 2.30 bits per heavy atom. The minimum atomic E-state index is -0.425. The molecule has 1 aromatic rings. The number of aliphatic hydroxyl groups is 2. The monoisotopic (exact) mass is 280 g/mol. The van der Waals surface area contributed by atoms with Gasteiger partial charge in [-0.1, -0.05) is 12.1 Å². The average Bonchev–Trinajstić information content (AvgIpc) is 2.46. The number of nitrogens with zero attached hydrogens (tertiary/aromatic N) is 1. The van der Waals surface area contributed by atoms with E-state index in [-0.39, 0.29) is 12.7 Å². The van der Waals surface area contributed by atoms with Crippen molar-refractivity contribution in [2.24, 2.45) is 0 Å². The van der Waals surface area contributed by atoms with Crippen molar-refractivity contribution in [2.45, 2.75) is 24.9 Å². The van der Waals surface area contributed by atoms with Crippen LogP contribution in [0.2, 0.25) is 0 Å². The molecule has 1 heterocycles. The molecule has 0 radical (unpaired) electrons. The van der Waals surface area contributed by atoms with Crippen LogP contribution in [0.1, 0.15) is 24.3 Å². The number of carbonyl (C=O) groups excluding carboxylic acids is 1. The molecule has 1 saturated heterocycles. The van der Waals surface area contributed by atoms with Crippen molar-refractivity contribution in [2.75, 3.05) is 32.5 Å². The second-order valence-corrected chi connectivity index (χ2v) is 5.13. The van der Waals surface area contributed by atoms with E-state index >= 15 is 0 Å². The predicted molar refractivity (Wildman–Crippen MR) is 79.5 cm³/mol. The molecule has 0 spiro atoms.